The van der Waals surface area contributed by atoms with E-state index in [1.165, 1.54) is 0 Å². The minimum atomic E-state index is -0.623. The molecule has 0 bridgehead atoms. The van der Waals surface area contributed by atoms with Gasteiger partial charge in [-0.3, -0.25) is 9.59 Å². The van der Waals surface area contributed by atoms with E-state index in [4.69, 9.17) is 21.1 Å². The minimum Gasteiger partial charge on any atom is -0.497 e. The summed E-state index contributed by atoms with van der Waals surface area (Å²) in [6, 6.07) is 13.8. The fourth-order valence-electron chi connectivity index (χ4n) is 3.11. The SMILES string of the molecule is CC[C@H](C)NC(=O)[C@H](CC)N(Cc1cccc(OC)c1)C(=O)COc1ccccc1Cl. The molecule has 0 aliphatic rings. The molecule has 2 atom stereocenters. The van der Waals surface area contributed by atoms with Crippen molar-refractivity contribution < 1.29 is 19.1 Å². The molecule has 0 fully saturated rings. The van der Waals surface area contributed by atoms with Crippen molar-refractivity contribution >= 4 is 23.4 Å². The van der Waals surface area contributed by atoms with Gasteiger partial charge >= 0.3 is 0 Å². The monoisotopic (exact) mass is 446 g/mol. The third-order valence-electron chi connectivity index (χ3n) is 5.06. The number of para-hydroxylation sites is 1. The predicted molar refractivity (Wildman–Crippen MR) is 122 cm³/mol. The van der Waals surface area contributed by atoms with Crippen molar-refractivity contribution in [3.05, 3.63) is 59.1 Å². The second-order valence-corrected chi connectivity index (χ2v) is 7.74. The molecule has 2 rings (SSSR count). The summed E-state index contributed by atoms with van der Waals surface area (Å²) in [4.78, 5) is 27.7. The van der Waals surface area contributed by atoms with E-state index in [0.29, 0.717) is 22.9 Å². The zero-order valence-electron chi connectivity index (χ0n) is 18.6. The van der Waals surface area contributed by atoms with Crippen LogP contribution in [0.5, 0.6) is 11.5 Å². The minimum absolute atomic E-state index is 0.0229. The van der Waals surface area contributed by atoms with E-state index in [1.54, 1.807) is 36.3 Å². The maximum Gasteiger partial charge on any atom is 0.261 e. The summed E-state index contributed by atoms with van der Waals surface area (Å²) in [5.41, 5.74) is 0.861. The Labute approximate surface area is 189 Å². The Balaban J connectivity index is 2.25. The Hall–Kier alpha value is -2.73. The number of amides is 2. The first-order valence-electron chi connectivity index (χ1n) is 10.5. The number of halogens is 1. The molecule has 0 aromatic heterocycles. The Morgan fingerprint density at radius 1 is 1.10 bits per heavy atom. The van der Waals surface area contributed by atoms with E-state index >= 15 is 0 Å². The Bertz CT molecular complexity index is 874. The molecule has 0 aliphatic carbocycles. The molecule has 2 aromatic rings. The van der Waals surface area contributed by atoms with Gasteiger partial charge in [-0.2, -0.15) is 0 Å². The molecule has 0 heterocycles. The van der Waals surface area contributed by atoms with Crippen LogP contribution in [0.3, 0.4) is 0 Å². The molecular weight excluding hydrogens is 416 g/mol. The molecule has 7 heteroatoms. The number of ether oxygens (including phenoxy) is 2. The van der Waals surface area contributed by atoms with Gasteiger partial charge in [0.1, 0.15) is 17.5 Å². The summed E-state index contributed by atoms with van der Waals surface area (Å²) in [7, 11) is 1.59. The third-order valence-corrected chi connectivity index (χ3v) is 5.37. The Kier molecular flexibility index (Phi) is 9.66. The van der Waals surface area contributed by atoms with Crippen molar-refractivity contribution in [2.45, 2.75) is 52.2 Å². The predicted octanol–water partition coefficient (Wildman–Crippen LogP) is 4.45. The van der Waals surface area contributed by atoms with Gasteiger partial charge in [-0.05, 0) is 49.6 Å². The van der Waals surface area contributed by atoms with Gasteiger partial charge in [-0.1, -0.05) is 49.7 Å². The first-order chi connectivity index (χ1) is 14.9. The highest BCUT2D eigenvalue weighted by Gasteiger charge is 2.29. The second-order valence-electron chi connectivity index (χ2n) is 7.33. The van der Waals surface area contributed by atoms with Crippen LogP contribution in [0.1, 0.15) is 39.2 Å². The first kappa shape index (κ1) is 24.5. The van der Waals surface area contributed by atoms with Gasteiger partial charge in [0.15, 0.2) is 6.61 Å². The van der Waals surface area contributed by atoms with Gasteiger partial charge in [-0.25, -0.2) is 0 Å². The van der Waals surface area contributed by atoms with E-state index in [9.17, 15) is 9.59 Å². The van der Waals surface area contributed by atoms with Gasteiger partial charge in [0, 0.05) is 12.6 Å². The summed E-state index contributed by atoms with van der Waals surface area (Å²) < 4.78 is 11.0. The molecule has 0 spiro atoms. The fourth-order valence-corrected chi connectivity index (χ4v) is 3.30. The van der Waals surface area contributed by atoms with Crippen LogP contribution in [0.2, 0.25) is 5.02 Å². The lowest BCUT2D eigenvalue weighted by Crippen LogP contribution is -2.51. The summed E-state index contributed by atoms with van der Waals surface area (Å²) in [5.74, 6) is 0.644. The second kappa shape index (κ2) is 12.2. The van der Waals surface area contributed by atoms with Gasteiger partial charge in [0.2, 0.25) is 5.91 Å². The molecule has 0 saturated heterocycles. The summed E-state index contributed by atoms with van der Waals surface area (Å²) in [6.07, 6.45) is 1.28. The van der Waals surface area contributed by atoms with Crippen molar-refractivity contribution in [3.63, 3.8) is 0 Å². The summed E-state index contributed by atoms with van der Waals surface area (Å²) >= 11 is 6.14. The van der Waals surface area contributed by atoms with E-state index in [0.717, 1.165) is 12.0 Å². The molecule has 31 heavy (non-hydrogen) atoms. The molecule has 0 radical (unpaired) electrons. The average Bonchev–Trinajstić information content (AvgIpc) is 2.78. The molecule has 1 N–H and O–H groups in total. The number of hydrogen-bond acceptors (Lipinski definition) is 4. The normalized spacial score (nSPS) is 12.5. The number of methoxy groups -OCH3 is 1. The quantitative estimate of drug-likeness (QED) is 0.553. The Morgan fingerprint density at radius 2 is 1.84 bits per heavy atom. The standard InChI is InChI=1S/C24H31ClN2O4/c1-5-17(3)26-24(29)21(6-2)27(15-18-10-9-11-19(14-18)30-4)23(28)16-31-22-13-8-7-12-20(22)25/h7-14,17,21H,5-6,15-16H2,1-4H3,(H,26,29)/t17-,21-/m0/s1. The average molecular weight is 447 g/mol. The highest BCUT2D eigenvalue weighted by molar-refractivity contribution is 6.32. The van der Waals surface area contributed by atoms with Crippen LogP contribution < -0.4 is 14.8 Å². The lowest BCUT2D eigenvalue weighted by Gasteiger charge is -2.31. The first-order valence-corrected chi connectivity index (χ1v) is 10.9. The summed E-state index contributed by atoms with van der Waals surface area (Å²) in [5, 5.41) is 3.41. The van der Waals surface area contributed by atoms with E-state index in [2.05, 4.69) is 5.32 Å². The van der Waals surface area contributed by atoms with Crippen molar-refractivity contribution in [1.82, 2.24) is 10.2 Å². The van der Waals surface area contributed by atoms with Crippen LogP contribution in [-0.4, -0.2) is 42.5 Å². The molecule has 0 unspecified atom stereocenters. The van der Waals surface area contributed by atoms with Gasteiger partial charge in [0.05, 0.1) is 12.1 Å². The van der Waals surface area contributed by atoms with Crippen LogP contribution in [0.4, 0.5) is 0 Å². The molecule has 2 aromatic carbocycles. The zero-order valence-corrected chi connectivity index (χ0v) is 19.3. The Morgan fingerprint density at radius 3 is 2.48 bits per heavy atom. The van der Waals surface area contributed by atoms with Gasteiger partial charge < -0.3 is 19.7 Å². The molecule has 168 valence electrons. The molecular formula is C24H31ClN2O4. The van der Waals surface area contributed by atoms with Crippen molar-refractivity contribution in [1.29, 1.82) is 0 Å². The lowest BCUT2D eigenvalue weighted by molar-refractivity contribution is -0.143. The van der Waals surface area contributed by atoms with Crippen LogP contribution in [-0.2, 0) is 16.1 Å². The highest BCUT2D eigenvalue weighted by Crippen LogP contribution is 2.23. The maximum atomic E-state index is 13.2. The third kappa shape index (κ3) is 7.17. The van der Waals surface area contributed by atoms with E-state index in [-0.39, 0.29) is 31.0 Å². The number of nitrogens with one attached hydrogen (secondary N) is 1. The lowest BCUT2D eigenvalue weighted by atomic mass is 10.1. The van der Waals surface area contributed by atoms with Gasteiger partial charge in [-0.15, -0.1) is 0 Å². The number of rotatable bonds is 11. The molecule has 0 saturated carbocycles. The zero-order chi connectivity index (χ0) is 22.8. The van der Waals surface area contributed by atoms with Crippen LogP contribution in [0.25, 0.3) is 0 Å². The molecule has 0 aliphatic heterocycles. The van der Waals surface area contributed by atoms with Crippen molar-refractivity contribution in [3.8, 4) is 11.5 Å². The van der Waals surface area contributed by atoms with Crippen molar-refractivity contribution in [2.24, 2.45) is 0 Å². The highest BCUT2D eigenvalue weighted by atomic mass is 35.5. The fraction of sp³-hybridized carbons (Fsp3) is 0.417. The number of carbonyl (C=O) groups excluding carboxylic acids is 2. The largest absolute Gasteiger partial charge is 0.497 e. The van der Waals surface area contributed by atoms with Crippen LogP contribution >= 0.6 is 11.6 Å². The topological polar surface area (TPSA) is 67.9 Å². The van der Waals surface area contributed by atoms with Crippen molar-refractivity contribution in [2.75, 3.05) is 13.7 Å². The number of hydrogen-bond donors (Lipinski definition) is 1. The molecule has 6 nitrogen and oxygen atoms in total. The number of carbonyl (C=O) groups is 2. The number of nitrogens with zero attached hydrogens (tertiary/aromatic N) is 1. The molecule has 2 amide bonds. The van der Waals surface area contributed by atoms with Crippen LogP contribution in [0, 0.1) is 0 Å². The smallest absolute Gasteiger partial charge is 0.261 e. The number of benzene rings is 2. The summed E-state index contributed by atoms with van der Waals surface area (Å²) in [6.45, 7) is 5.87. The van der Waals surface area contributed by atoms with E-state index in [1.807, 2.05) is 45.0 Å². The van der Waals surface area contributed by atoms with E-state index < -0.39 is 6.04 Å². The van der Waals surface area contributed by atoms with Gasteiger partial charge in [0.25, 0.3) is 5.91 Å². The van der Waals surface area contributed by atoms with Crippen LogP contribution in [0.15, 0.2) is 48.5 Å². The maximum absolute atomic E-state index is 13.2.